The molecular formula is C14H20FNO. The lowest BCUT2D eigenvalue weighted by Crippen LogP contribution is -2.14. The largest absolute Gasteiger partial charge is 0.493 e. The van der Waals surface area contributed by atoms with Crippen molar-refractivity contribution in [2.45, 2.75) is 26.3 Å². The molecule has 2 nitrogen and oxygen atoms in total. The van der Waals surface area contributed by atoms with E-state index in [2.05, 4.69) is 11.9 Å². The van der Waals surface area contributed by atoms with Crippen molar-refractivity contribution in [2.75, 3.05) is 13.7 Å². The first-order valence-electron chi connectivity index (χ1n) is 5.78. The summed E-state index contributed by atoms with van der Waals surface area (Å²) in [5.41, 5.74) is 1.92. The Balaban J connectivity index is 2.79. The van der Waals surface area contributed by atoms with Gasteiger partial charge in [0.1, 0.15) is 11.6 Å². The molecule has 0 aliphatic heterocycles. The van der Waals surface area contributed by atoms with Gasteiger partial charge in [0, 0.05) is 18.0 Å². The Morgan fingerprint density at radius 1 is 1.53 bits per heavy atom. The number of rotatable bonds is 6. The van der Waals surface area contributed by atoms with Crippen LogP contribution in [0.15, 0.2) is 30.4 Å². The summed E-state index contributed by atoms with van der Waals surface area (Å²) in [5, 5.41) is 3.08. The molecule has 1 N–H and O–H groups in total. The van der Waals surface area contributed by atoms with E-state index in [0.717, 1.165) is 23.3 Å². The minimum Gasteiger partial charge on any atom is -0.493 e. The SMILES string of the molecule is C=C(C)CCOc1ccc(F)cc1C(C)NC. The second kappa shape index (κ2) is 6.40. The normalized spacial score (nSPS) is 12.2. The molecule has 1 aromatic rings. The number of benzene rings is 1. The number of hydrogen-bond donors (Lipinski definition) is 1. The van der Waals surface area contributed by atoms with E-state index in [1.165, 1.54) is 12.1 Å². The lowest BCUT2D eigenvalue weighted by molar-refractivity contribution is 0.315. The van der Waals surface area contributed by atoms with Crippen molar-refractivity contribution >= 4 is 0 Å². The summed E-state index contributed by atoms with van der Waals surface area (Å²) in [4.78, 5) is 0. The summed E-state index contributed by atoms with van der Waals surface area (Å²) in [6, 6.07) is 4.67. The van der Waals surface area contributed by atoms with Crippen molar-refractivity contribution in [3.8, 4) is 5.75 Å². The number of hydrogen-bond acceptors (Lipinski definition) is 2. The Labute approximate surface area is 102 Å². The summed E-state index contributed by atoms with van der Waals surface area (Å²) in [7, 11) is 1.84. The van der Waals surface area contributed by atoms with E-state index in [4.69, 9.17) is 4.74 Å². The highest BCUT2D eigenvalue weighted by molar-refractivity contribution is 5.36. The van der Waals surface area contributed by atoms with Crippen LogP contribution in [-0.4, -0.2) is 13.7 Å². The molecule has 0 radical (unpaired) electrons. The summed E-state index contributed by atoms with van der Waals surface area (Å²) < 4.78 is 18.9. The van der Waals surface area contributed by atoms with Gasteiger partial charge in [-0.2, -0.15) is 0 Å². The van der Waals surface area contributed by atoms with Gasteiger partial charge in [0.15, 0.2) is 0 Å². The topological polar surface area (TPSA) is 21.3 Å². The van der Waals surface area contributed by atoms with Gasteiger partial charge in [0.2, 0.25) is 0 Å². The molecule has 0 spiro atoms. The van der Waals surface area contributed by atoms with Gasteiger partial charge >= 0.3 is 0 Å². The van der Waals surface area contributed by atoms with Crippen LogP contribution in [0.2, 0.25) is 0 Å². The quantitative estimate of drug-likeness (QED) is 0.765. The van der Waals surface area contributed by atoms with E-state index in [-0.39, 0.29) is 11.9 Å². The molecule has 0 aliphatic rings. The molecule has 3 heteroatoms. The first kappa shape index (κ1) is 13.7. The fourth-order valence-corrected chi connectivity index (χ4v) is 1.48. The first-order valence-corrected chi connectivity index (χ1v) is 5.78. The first-order chi connectivity index (χ1) is 8.04. The van der Waals surface area contributed by atoms with Crippen LogP contribution in [0, 0.1) is 5.82 Å². The summed E-state index contributed by atoms with van der Waals surface area (Å²) >= 11 is 0. The van der Waals surface area contributed by atoms with Gasteiger partial charge in [-0.3, -0.25) is 0 Å². The van der Waals surface area contributed by atoms with E-state index in [9.17, 15) is 4.39 Å². The van der Waals surface area contributed by atoms with E-state index < -0.39 is 0 Å². The third-order valence-corrected chi connectivity index (χ3v) is 2.66. The molecule has 1 unspecified atom stereocenters. The Bertz CT molecular complexity index is 390. The van der Waals surface area contributed by atoms with E-state index in [1.54, 1.807) is 6.07 Å². The second-order valence-corrected chi connectivity index (χ2v) is 4.25. The number of halogens is 1. The number of ether oxygens (including phenoxy) is 1. The van der Waals surface area contributed by atoms with Crippen LogP contribution in [0.3, 0.4) is 0 Å². The Hall–Kier alpha value is -1.35. The zero-order chi connectivity index (χ0) is 12.8. The van der Waals surface area contributed by atoms with Crippen LogP contribution in [0.1, 0.15) is 31.9 Å². The standard InChI is InChI=1S/C14H20FNO/c1-10(2)7-8-17-14-6-5-12(15)9-13(14)11(3)16-4/h5-6,9,11,16H,1,7-8H2,2-4H3. The van der Waals surface area contributed by atoms with Crippen molar-refractivity contribution in [1.29, 1.82) is 0 Å². The predicted molar refractivity (Wildman–Crippen MR) is 68.8 cm³/mol. The van der Waals surface area contributed by atoms with Crippen molar-refractivity contribution < 1.29 is 9.13 Å². The fraction of sp³-hybridized carbons (Fsp3) is 0.429. The molecule has 0 bridgehead atoms. The van der Waals surface area contributed by atoms with Crippen molar-refractivity contribution in [3.63, 3.8) is 0 Å². The van der Waals surface area contributed by atoms with Crippen LogP contribution in [0.5, 0.6) is 5.75 Å². The molecule has 0 aromatic heterocycles. The average Bonchev–Trinajstić information content (AvgIpc) is 2.29. The van der Waals surface area contributed by atoms with Crippen molar-refractivity contribution in [3.05, 3.63) is 41.7 Å². The highest BCUT2D eigenvalue weighted by atomic mass is 19.1. The van der Waals surface area contributed by atoms with Crippen molar-refractivity contribution in [2.24, 2.45) is 0 Å². The minimum absolute atomic E-state index is 0.0607. The maximum Gasteiger partial charge on any atom is 0.124 e. The van der Waals surface area contributed by atoms with E-state index in [0.29, 0.717) is 6.61 Å². The zero-order valence-electron chi connectivity index (χ0n) is 10.7. The molecule has 1 aromatic carbocycles. The van der Waals surface area contributed by atoms with Gasteiger partial charge in [-0.15, -0.1) is 6.58 Å². The molecule has 0 saturated carbocycles. The molecular weight excluding hydrogens is 217 g/mol. The van der Waals surface area contributed by atoms with Crippen LogP contribution in [0.4, 0.5) is 4.39 Å². The lowest BCUT2D eigenvalue weighted by Gasteiger charge is -2.16. The maximum absolute atomic E-state index is 13.2. The van der Waals surface area contributed by atoms with Crippen LogP contribution in [-0.2, 0) is 0 Å². The zero-order valence-corrected chi connectivity index (χ0v) is 10.7. The maximum atomic E-state index is 13.2. The van der Waals surface area contributed by atoms with Gasteiger partial charge in [-0.1, -0.05) is 5.57 Å². The second-order valence-electron chi connectivity index (χ2n) is 4.25. The third kappa shape index (κ3) is 4.19. The molecule has 0 aliphatic carbocycles. The van der Waals surface area contributed by atoms with E-state index >= 15 is 0 Å². The molecule has 0 amide bonds. The number of nitrogens with one attached hydrogen (secondary N) is 1. The van der Waals surface area contributed by atoms with Crippen LogP contribution >= 0.6 is 0 Å². The molecule has 1 rings (SSSR count). The molecule has 0 fully saturated rings. The van der Waals surface area contributed by atoms with Crippen LogP contribution in [0.25, 0.3) is 0 Å². The highest BCUT2D eigenvalue weighted by Crippen LogP contribution is 2.26. The average molecular weight is 237 g/mol. The monoisotopic (exact) mass is 237 g/mol. The summed E-state index contributed by atoms with van der Waals surface area (Å²) in [6.45, 7) is 8.33. The summed E-state index contributed by atoms with van der Waals surface area (Å²) in [6.07, 6.45) is 0.810. The molecule has 0 saturated heterocycles. The fourth-order valence-electron chi connectivity index (χ4n) is 1.48. The van der Waals surface area contributed by atoms with Gasteiger partial charge in [-0.05, 0) is 39.1 Å². The molecule has 1 atom stereocenters. The van der Waals surface area contributed by atoms with E-state index in [1.807, 2.05) is 20.9 Å². The highest BCUT2D eigenvalue weighted by Gasteiger charge is 2.11. The smallest absolute Gasteiger partial charge is 0.124 e. The predicted octanol–water partition coefficient (Wildman–Crippen LogP) is 3.45. The molecule has 94 valence electrons. The molecule has 0 heterocycles. The van der Waals surface area contributed by atoms with Gasteiger partial charge in [0.25, 0.3) is 0 Å². The van der Waals surface area contributed by atoms with Crippen molar-refractivity contribution in [1.82, 2.24) is 5.32 Å². The minimum atomic E-state index is -0.241. The van der Waals surface area contributed by atoms with Crippen LogP contribution < -0.4 is 10.1 Å². The molecule has 17 heavy (non-hydrogen) atoms. The van der Waals surface area contributed by atoms with Gasteiger partial charge in [0.05, 0.1) is 6.61 Å². The Morgan fingerprint density at radius 3 is 2.82 bits per heavy atom. The Kier molecular flexibility index (Phi) is 5.16. The van der Waals surface area contributed by atoms with Gasteiger partial charge in [-0.25, -0.2) is 4.39 Å². The third-order valence-electron chi connectivity index (χ3n) is 2.66. The summed E-state index contributed by atoms with van der Waals surface area (Å²) in [5.74, 6) is 0.490. The Morgan fingerprint density at radius 2 is 2.24 bits per heavy atom. The lowest BCUT2D eigenvalue weighted by atomic mass is 10.1. The van der Waals surface area contributed by atoms with Gasteiger partial charge < -0.3 is 10.1 Å².